The highest BCUT2D eigenvalue weighted by Gasteiger charge is 2.35. The maximum absolute atomic E-state index is 13.4. The zero-order valence-corrected chi connectivity index (χ0v) is 23.5. The average molecular weight is 509 g/mol. The summed E-state index contributed by atoms with van der Waals surface area (Å²) in [5.74, 6) is 0.0256. The van der Waals surface area contributed by atoms with Crippen LogP contribution in [0.1, 0.15) is 72.9 Å². The van der Waals surface area contributed by atoms with Crippen LogP contribution in [0.25, 0.3) is 0 Å². The predicted molar refractivity (Wildman–Crippen MR) is 146 cm³/mol. The van der Waals surface area contributed by atoms with E-state index in [1.54, 1.807) is 13.4 Å². The summed E-state index contributed by atoms with van der Waals surface area (Å²) < 4.78 is 11.3. The molecule has 4 rings (SSSR count). The molecule has 1 amide bonds. The number of rotatable bonds is 7. The van der Waals surface area contributed by atoms with Crippen molar-refractivity contribution < 1.29 is 14.3 Å². The van der Waals surface area contributed by atoms with E-state index in [9.17, 15) is 4.79 Å². The number of hydrogen-bond acceptors (Lipinski definition) is 6. The number of amides is 1. The van der Waals surface area contributed by atoms with E-state index >= 15 is 0 Å². The van der Waals surface area contributed by atoms with E-state index in [1.807, 2.05) is 11.8 Å². The molecule has 0 bridgehead atoms. The van der Waals surface area contributed by atoms with E-state index in [0.717, 1.165) is 63.1 Å². The van der Waals surface area contributed by atoms with Crippen molar-refractivity contribution in [1.29, 1.82) is 0 Å². The Morgan fingerprint density at radius 3 is 2.46 bits per heavy atom. The summed E-state index contributed by atoms with van der Waals surface area (Å²) in [6.07, 6.45) is 6.24. The lowest BCUT2D eigenvalue weighted by Crippen LogP contribution is -2.54. The first-order chi connectivity index (χ1) is 17.7. The highest BCUT2D eigenvalue weighted by Crippen LogP contribution is 2.25. The van der Waals surface area contributed by atoms with Crippen LogP contribution in [0.4, 0.5) is 0 Å². The molecule has 2 fully saturated rings. The number of hydrogen-bond donors (Lipinski definition) is 0. The van der Waals surface area contributed by atoms with Gasteiger partial charge in [-0.2, -0.15) is 0 Å². The Labute approximate surface area is 222 Å². The van der Waals surface area contributed by atoms with Crippen molar-refractivity contribution in [3.05, 3.63) is 58.7 Å². The molecule has 0 radical (unpaired) electrons. The zero-order valence-electron chi connectivity index (χ0n) is 23.5. The minimum absolute atomic E-state index is 0.0256. The standard InChI is InChI=1S/C30H44N4O3/c1-21-25(12-9-22-7-10-23(11-8-22)30(2,3)4)31-20-32-28(21)29(35)34-16-13-24(14-17-34)33(5)26-15-18-37-19-27(26)36-6/h7-8,10-11,20,24,26-27H,9,12-19H2,1-6H3. The molecule has 7 nitrogen and oxygen atoms in total. The Morgan fingerprint density at radius 2 is 1.81 bits per heavy atom. The van der Waals surface area contributed by atoms with Crippen molar-refractivity contribution in [2.75, 3.05) is 40.5 Å². The van der Waals surface area contributed by atoms with Crippen molar-refractivity contribution in [1.82, 2.24) is 19.8 Å². The summed E-state index contributed by atoms with van der Waals surface area (Å²) in [6, 6.07) is 9.66. The average Bonchev–Trinajstić information content (AvgIpc) is 2.91. The van der Waals surface area contributed by atoms with Crippen LogP contribution in [0.2, 0.25) is 0 Å². The van der Waals surface area contributed by atoms with Crippen LogP contribution in [0.3, 0.4) is 0 Å². The second-order valence-corrected chi connectivity index (χ2v) is 11.6. The summed E-state index contributed by atoms with van der Waals surface area (Å²) in [6.45, 7) is 11.6. The van der Waals surface area contributed by atoms with Gasteiger partial charge in [0, 0.05) is 50.1 Å². The maximum atomic E-state index is 13.4. The number of carbonyl (C=O) groups excluding carboxylic acids is 1. The van der Waals surface area contributed by atoms with Gasteiger partial charge in [-0.25, -0.2) is 9.97 Å². The van der Waals surface area contributed by atoms with E-state index < -0.39 is 0 Å². The summed E-state index contributed by atoms with van der Waals surface area (Å²) in [5.41, 5.74) is 5.18. The Kier molecular flexibility index (Phi) is 8.98. The number of carbonyl (C=O) groups is 1. The number of methoxy groups -OCH3 is 1. The highest BCUT2D eigenvalue weighted by atomic mass is 16.5. The number of aromatic nitrogens is 2. The fourth-order valence-corrected chi connectivity index (χ4v) is 5.68. The lowest BCUT2D eigenvalue weighted by molar-refractivity contribution is -0.0891. The molecular weight excluding hydrogens is 464 g/mol. The van der Waals surface area contributed by atoms with Crippen molar-refractivity contribution in [2.45, 2.75) is 83.4 Å². The van der Waals surface area contributed by atoms with Crippen molar-refractivity contribution in [2.24, 2.45) is 0 Å². The van der Waals surface area contributed by atoms with Gasteiger partial charge in [0.1, 0.15) is 12.0 Å². The SMILES string of the molecule is COC1COCCC1N(C)C1CCN(C(=O)c2ncnc(CCc3ccc(C(C)(C)C)cc3)c2C)CC1. The fraction of sp³-hybridized carbons (Fsp3) is 0.633. The maximum Gasteiger partial charge on any atom is 0.272 e. The molecule has 7 heteroatoms. The largest absolute Gasteiger partial charge is 0.379 e. The lowest BCUT2D eigenvalue weighted by Gasteiger charge is -2.44. The number of likely N-dealkylation sites (N-methyl/N-ethyl adjacent to an activating group) is 1. The second-order valence-electron chi connectivity index (χ2n) is 11.6. The molecule has 202 valence electrons. The van der Waals surface area contributed by atoms with Gasteiger partial charge in [-0.1, -0.05) is 45.0 Å². The minimum atomic E-state index is 0.0256. The number of aryl methyl sites for hydroxylation is 2. The molecule has 2 aliphatic heterocycles. The van der Waals surface area contributed by atoms with Crippen LogP contribution in [-0.2, 0) is 27.7 Å². The number of likely N-dealkylation sites (tertiary alicyclic amines) is 1. The smallest absolute Gasteiger partial charge is 0.272 e. The first kappa shape index (κ1) is 27.7. The molecule has 0 saturated carbocycles. The predicted octanol–water partition coefficient (Wildman–Crippen LogP) is 4.21. The molecule has 2 unspecified atom stereocenters. The van der Waals surface area contributed by atoms with Gasteiger partial charge in [-0.05, 0) is 62.6 Å². The molecular formula is C30H44N4O3. The van der Waals surface area contributed by atoms with E-state index in [0.29, 0.717) is 24.4 Å². The normalized spacial score (nSPS) is 21.4. The van der Waals surface area contributed by atoms with E-state index in [2.05, 4.69) is 67.0 Å². The molecule has 2 aromatic rings. The highest BCUT2D eigenvalue weighted by molar-refractivity contribution is 5.93. The molecule has 0 spiro atoms. The first-order valence-electron chi connectivity index (χ1n) is 13.7. The molecule has 2 atom stereocenters. The number of nitrogens with zero attached hydrogens (tertiary/aromatic N) is 4. The number of benzene rings is 1. The summed E-state index contributed by atoms with van der Waals surface area (Å²) in [5, 5.41) is 0. The summed E-state index contributed by atoms with van der Waals surface area (Å²) in [4.78, 5) is 26.8. The van der Waals surface area contributed by atoms with Crippen LogP contribution in [0.5, 0.6) is 0 Å². The van der Waals surface area contributed by atoms with Crippen molar-refractivity contribution >= 4 is 5.91 Å². The topological polar surface area (TPSA) is 67.8 Å². The van der Waals surface area contributed by atoms with Gasteiger partial charge in [0.05, 0.1) is 12.7 Å². The Morgan fingerprint density at radius 1 is 1.11 bits per heavy atom. The van der Waals surface area contributed by atoms with Crippen LogP contribution in [-0.4, -0.2) is 84.3 Å². The van der Waals surface area contributed by atoms with E-state index in [-0.39, 0.29) is 17.4 Å². The third kappa shape index (κ3) is 6.57. The van der Waals surface area contributed by atoms with Gasteiger partial charge in [-0.3, -0.25) is 9.69 Å². The van der Waals surface area contributed by atoms with Gasteiger partial charge in [-0.15, -0.1) is 0 Å². The molecule has 1 aromatic carbocycles. The first-order valence-corrected chi connectivity index (χ1v) is 13.7. The van der Waals surface area contributed by atoms with Crippen LogP contribution >= 0.6 is 0 Å². The molecule has 2 saturated heterocycles. The van der Waals surface area contributed by atoms with Crippen molar-refractivity contribution in [3.63, 3.8) is 0 Å². The number of ether oxygens (including phenoxy) is 2. The molecule has 37 heavy (non-hydrogen) atoms. The van der Waals surface area contributed by atoms with Gasteiger partial charge in [0.25, 0.3) is 5.91 Å². The van der Waals surface area contributed by atoms with E-state index in [1.165, 1.54) is 11.1 Å². The van der Waals surface area contributed by atoms with E-state index in [4.69, 9.17) is 9.47 Å². The Bertz CT molecular complexity index is 1040. The van der Waals surface area contributed by atoms with Gasteiger partial charge < -0.3 is 14.4 Å². The zero-order chi connectivity index (χ0) is 26.6. The van der Waals surface area contributed by atoms with Crippen LogP contribution in [0.15, 0.2) is 30.6 Å². The quantitative estimate of drug-likeness (QED) is 0.558. The molecule has 0 N–H and O–H groups in total. The second kappa shape index (κ2) is 12.0. The summed E-state index contributed by atoms with van der Waals surface area (Å²) >= 11 is 0. The molecule has 0 aliphatic carbocycles. The van der Waals surface area contributed by atoms with Crippen molar-refractivity contribution in [3.8, 4) is 0 Å². The van der Waals surface area contributed by atoms with Gasteiger partial charge in [0.2, 0.25) is 0 Å². The van der Waals surface area contributed by atoms with Crippen LogP contribution in [0, 0.1) is 6.92 Å². The minimum Gasteiger partial charge on any atom is -0.379 e. The monoisotopic (exact) mass is 508 g/mol. The summed E-state index contributed by atoms with van der Waals surface area (Å²) in [7, 11) is 3.96. The molecule has 2 aliphatic rings. The number of piperidine rings is 1. The van der Waals surface area contributed by atoms with Gasteiger partial charge in [0.15, 0.2) is 0 Å². The molecule has 3 heterocycles. The third-order valence-corrected chi connectivity index (χ3v) is 8.28. The Hall–Kier alpha value is -2.35. The third-order valence-electron chi connectivity index (χ3n) is 8.28. The Balaban J connectivity index is 1.35. The van der Waals surface area contributed by atoms with Gasteiger partial charge >= 0.3 is 0 Å². The fourth-order valence-electron chi connectivity index (χ4n) is 5.68. The van der Waals surface area contributed by atoms with Crippen LogP contribution < -0.4 is 0 Å². The lowest BCUT2D eigenvalue weighted by atomic mass is 9.86. The molecule has 1 aromatic heterocycles.